The standard InChI is InChI=1S/C44H58Cl2N6O4/c1-43(2,3)56-42(53)52-21-11-31(12-22-52)29-50-19-13-32(14-20-50)33-15-23-51(24-16-33)41-48-18-10-37(49-41)30-55-38-8-6-35(7-9-38)44(4,5)36-26-34(28-47)40(39(46)27-36)54-25-17-45/h6-10,18,26-27,31-33H,11-17,19-25,29-30H2,1-5H3. The second-order valence-electron chi connectivity index (χ2n) is 17.1. The number of carbonyl (C=O) groups is 1. The Labute approximate surface area is 343 Å². The van der Waals surface area contributed by atoms with E-state index in [1.165, 1.54) is 38.8 Å². The molecule has 3 aliphatic heterocycles. The number of ether oxygens (including phenoxy) is 3. The average molecular weight is 806 g/mol. The highest BCUT2D eigenvalue weighted by atomic mass is 35.5. The summed E-state index contributed by atoms with van der Waals surface area (Å²) in [5.41, 5.74) is 2.34. The molecule has 0 radical (unpaired) electrons. The normalized spacial score (nSPS) is 18.1. The van der Waals surface area contributed by atoms with Crippen LogP contribution in [0.3, 0.4) is 0 Å². The minimum Gasteiger partial charge on any atom is -0.489 e. The lowest BCUT2D eigenvalue weighted by Gasteiger charge is -2.41. The number of piperidine rings is 3. The Balaban J connectivity index is 0.934. The Morgan fingerprint density at radius 3 is 2.16 bits per heavy atom. The summed E-state index contributed by atoms with van der Waals surface area (Å²) < 4.78 is 17.4. The lowest BCUT2D eigenvalue weighted by atomic mass is 9.77. The average Bonchev–Trinajstić information content (AvgIpc) is 3.19. The molecule has 0 N–H and O–H groups in total. The Morgan fingerprint density at radius 2 is 1.54 bits per heavy atom. The van der Waals surface area contributed by atoms with E-state index in [2.05, 4.69) is 34.7 Å². The predicted molar refractivity (Wildman–Crippen MR) is 222 cm³/mol. The first-order valence-electron chi connectivity index (χ1n) is 20.3. The summed E-state index contributed by atoms with van der Waals surface area (Å²) in [5, 5.41) is 10.2. The molecule has 0 atom stereocenters. The van der Waals surface area contributed by atoms with Crippen LogP contribution in [0.1, 0.15) is 95.5 Å². The van der Waals surface area contributed by atoms with E-state index >= 15 is 0 Å². The molecule has 3 aliphatic rings. The SMILES string of the molecule is CC(C)(C)OC(=O)N1CCC(CN2CCC(C3CCN(c4nccc(COc5ccc(C(C)(C)c6cc(Cl)c(OCCCl)c(C#N)c6)cc5)n4)CC3)CC2)CC1. The van der Waals surface area contributed by atoms with Crippen molar-refractivity contribution in [1.29, 1.82) is 5.26 Å². The maximum Gasteiger partial charge on any atom is 0.410 e. The fourth-order valence-electron chi connectivity index (χ4n) is 8.40. The quantitative estimate of drug-likeness (QED) is 0.166. The third kappa shape index (κ3) is 10.8. The lowest BCUT2D eigenvalue weighted by molar-refractivity contribution is 0.0160. The predicted octanol–water partition coefficient (Wildman–Crippen LogP) is 9.10. The number of nitriles is 1. The van der Waals surface area contributed by atoms with Gasteiger partial charge in [-0.2, -0.15) is 5.26 Å². The van der Waals surface area contributed by atoms with E-state index in [0.29, 0.717) is 34.7 Å². The molecular weight excluding hydrogens is 747 g/mol. The van der Waals surface area contributed by atoms with Gasteiger partial charge in [-0.3, -0.25) is 0 Å². The number of rotatable bonds is 12. The van der Waals surface area contributed by atoms with Gasteiger partial charge in [0.2, 0.25) is 5.95 Å². The first-order chi connectivity index (χ1) is 26.8. The summed E-state index contributed by atoms with van der Waals surface area (Å²) >= 11 is 12.3. The Bertz CT molecular complexity index is 1800. The Kier molecular flexibility index (Phi) is 13.9. The largest absolute Gasteiger partial charge is 0.489 e. The number of anilines is 1. The second kappa shape index (κ2) is 18.7. The van der Waals surface area contributed by atoms with Crippen molar-refractivity contribution in [1.82, 2.24) is 19.8 Å². The van der Waals surface area contributed by atoms with Crippen LogP contribution < -0.4 is 14.4 Å². The summed E-state index contributed by atoms with van der Waals surface area (Å²) in [6.07, 6.45) is 8.69. The van der Waals surface area contributed by atoms with Crippen LogP contribution in [0.25, 0.3) is 0 Å². The monoisotopic (exact) mass is 804 g/mol. The van der Waals surface area contributed by atoms with Crippen LogP contribution in [0, 0.1) is 29.1 Å². The van der Waals surface area contributed by atoms with E-state index in [1.807, 2.05) is 74.3 Å². The molecule has 0 unspecified atom stereocenters. The van der Waals surface area contributed by atoms with Crippen LogP contribution in [0.15, 0.2) is 48.7 Å². The van der Waals surface area contributed by atoms with Gasteiger partial charge in [0.05, 0.1) is 22.2 Å². The summed E-state index contributed by atoms with van der Waals surface area (Å²) in [6.45, 7) is 17.7. The van der Waals surface area contributed by atoms with E-state index in [1.54, 1.807) is 0 Å². The summed E-state index contributed by atoms with van der Waals surface area (Å²) in [5.74, 6) is 4.41. The highest BCUT2D eigenvalue weighted by Crippen LogP contribution is 2.39. The molecule has 1 aromatic heterocycles. The molecule has 0 spiro atoms. The minimum absolute atomic E-state index is 0.172. The lowest BCUT2D eigenvalue weighted by Crippen LogP contribution is -2.45. The fraction of sp³-hybridized carbons (Fsp3) is 0.591. The third-order valence-corrected chi connectivity index (χ3v) is 12.2. The number of nitrogens with zero attached hydrogens (tertiary/aromatic N) is 6. The van der Waals surface area contributed by atoms with Crippen molar-refractivity contribution in [2.45, 2.75) is 90.8 Å². The van der Waals surface area contributed by atoms with Crippen molar-refractivity contribution in [3.05, 3.63) is 76.1 Å². The van der Waals surface area contributed by atoms with E-state index in [4.69, 9.17) is 42.4 Å². The molecule has 3 fully saturated rings. The van der Waals surface area contributed by atoms with Crippen molar-refractivity contribution in [3.8, 4) is 17.6 Å². The molecular formula is C44H58Cl2N6O4. The molecule has 2 aromatic carbocycles. The fourth-order valence-corrected chi connectivity index (χ4v) is 8.75. The maximum absolute atomic E-state index is 12.5. The first-order valence-corrected chi connectivity index (χ1v) is 21.2. The number of hydrogen-bond acceptors (Lipinski definition) is 9. The number of hydrogen-bond donors (Lipinski definition) is 0. The van der Waals surface area contributed by atoms with Gasteiger partial charge in [-0.25, -0.2) is 14.8 Å². The zero-order chi connectivity index (χ0) is 39.9. The van der Waals surface area contributed by atoms with Crippen LogP contribution in [-0.2, 0) is 16.8 Å². The topological polar surface area (TPSA) is 104 Å². The molecule has 0 aliphatic carbocycles. The van der Waals surface area contributed by atoms with Crippen molar-refractivity contribution < 1.29 is 19.0 Å². The van der Waals surface area contributed by atoms with Crippen molar-refractivity contribution in [2.24, 2.45) is 17.8 Å². The molecule has 3 aromatic rings. The van der Waals surface area contributed by atoms with Gasteiger partial charge in [0, 0.05) is 44.3 Å². The van der Waals surface area contributed by atoms with E-state index in [-0.39, 0.29) is 12.7 Å². The van der Waals surface area contributed by atoms with E-state index in [9.17, 15) is 10.1 Å². The minimum atomic E-state index is -0.445. The van der Waals surface area contributed by atoms with Crippen molar-refractivity contribution in [3.63, 3.8) is 0 Å². The number of amides is 1. The second-order valence-corrected chi connectivity index (χ2v) is 17.9. The number of carbonyl (C=O) groups excluding carboxylic acids is 1. The zero-order valence-electron chi connectivity index (χ0n) is 33.7. The molecule has 0 saturated carbocycles. The van der Waals surface area contributed by atoms with Gasteiger partial charge < -0.3 is 28.9 Å². The van der Waals surface area contributed by atoms with Gasteiger partial charge in [-0.1, -0.05) is 37.6 Å². The van der Waals surface area contributed by atoms with Crippen LogP contribution in [0.5, 0.6) is 11.5 Å². The maximum atomic E-state index is 12.5. The third-order valence-electron chi connectivity index (χ3n) is 11.8. The molecule has 4 heterocycles. The Hall–Kier alpha value is -3.78. The van der Waals surface area contributed by atoms with Gasteiger partial charge in [0.15, 0.2) is 5.75 Å². The smallest absolute Gasteiger partial charge is 0.410 e. The van der Waals surface area contributed by atoms with Crippen molar-refractivity contribution in [2.75, 3.05) is 63.2 Å². The van der Waals surface area contributed by atoms with Crippen molar-refractivity contribution >= 4 is 35.2 Å². The molecule has 3 saturated heterocycles. The van der Waals surface area contributed by atoms with Gasteiger partial charge >= 0.3 is 6.09 Å². The van der Waals surface area contributed by atoms with Crippen LogP contribution >= 0.6 is 23.2 Å². The number of halogens is 2. The molecule has 0 bridgehead atoms. The highest BCUT2D eigenvalue weighted by molar-refractivity contribution is 6.32. The zero-order valence-corrected chi connectivity index (χ0v) is 35.2. The number of alkyl halides is 1. The van der Waals surface area contributed by atoms with Gasteiger partial charge in [0.25, 0.3) is 0 Å². The van der Waals surface area contributed by atoms with Crippen LogP contribution in [-0.4, -0.2) is 89.8 Å². The molecule has 56 heavy (non-hydrogen) atoms. The van der Waals surface area contributed by atoms with E-state index in [0.717, 1.165) is 85.9 Å². The van der Waals surface area contributed by atoms with Gasteiger partial charge in [-0.05, 0) is 132 Å². The highest BCUT2D eigenvalue weighted by Gasteiger charge is 2.33. The van der Waals surface area contributed by atoms with Gasteiger partial charge in [-0.15, -0.1) is 11.6 Å². The number of likely N-dealkylation sites (tertiary alicyclic amines) is 2. The first kappa shape index (κ1) is 41.8. The molecule has 10 nitrogen and oxygen atoms in total. The molecule has 6 rings (SSSR count). The van der Waals surface area contributed by atoms with E-state index < -0.39 is 11.0 Å². The van der Waals surface area contributed by atoms with Crippen LogP contribution in [0.2, 0.25) is 5.02 Å². The summed E-state index contributed by atoms with van der Waals surface area (Å²) in [6, 6.07) is 15.9. The molecule has 1 amide bonds. The summed E-state index contributed by atoms with van der Waals surface area (Å²) in [4.78, 5) is 28.9. The van der Waals surface area contributed by atoms with Gasteiger partial charge in [0.1, 0.15) is 30.6 Å². The number of benzene rings is 2. The Morgan fingerprint density at radius 1 is 0.875 bits per heavy atom. The summed E-state index contributed by atoms with van der Waals surface area (Å²) in [7, 11) is 0. The molecule has 302 valence electrons. The molecule has 12 heteroatoms. The van der Waals surface area contributed by atoms with Crippen LogP contribution in [0.4, 0.5) is 10.7 Å². The number of aromatic nitrogens is 2.